The number of ether oxygens (including phenoxy) is 1. The monoisotopic (exact) mass is 557 g/mol. The third-order valence-corrected chi connectivity index (χ3v) is 8.98. The van der Waals surface area contributed by atoms with E-state index in [1.165, 1.54) is 5.56 Å². The van der Waals surface area contributed by atoms with E-state index < -0.39 is 0 Å². The van der Waals surface area contributed by atoms with E-state index in [0.717, 1.165) is 69.7 Å². The molecule has 3 fully saturated rings. The van der Waals surface area contributed by atoms with E-state index in [-0.39, 0.29) is 23.8 Å². The molecular weight excluding hydrogens is 518 g/mol. The second kappa shape index (κ2) is 11.9. The van der Waals surface area contributed by atoms with Gasteiger partial charge < -0.3 is 25.4 Å². The van der Waals surface area contributed by atoms with Crippen LogP contribution in [0.4, 0.5) is 17.5 Å². The van der Waals surface area contributed by atoms with Gasteiger partial charge in [0.1, 0.15) is 5.75 Å². The summed E-state index contributed by atoms with van der Waals surface area (Å²) in [6.45, 7) is 3.91. The Bertz CT molecular complexity index is 1350. The Labute approximate surface area is 241 Å². The van der Waals surface area contributed by atoms with Crippen LogP contribution in [0.3, 0.4) is 0 Å². The largest absolute Gasteiger partial charge is 0.507 e. The first kappa shape index (κ1) is 27.2. The third kappa shape index (κ3) is 5.92. The number of rotatable bonds is 8. The van der Waals surface area contributed by atoms with Crippen LogP contribution in [0.15, 0.2) is 42.7 Å². The number of hydrogen-bond donors (Lipinski definition) is 2. The van der Waals surface area contributed by atoms with Crippen molar-refractivity contribution in [3.8, 4) is 17.0 Å². The van der Waals surface area contributed by atoms with Crippen molar-refractivity contribution in [1.29, 1.82) is 0 Å². The highest BCUT2D eigenvalue weighted by atomic mass is 16.5. The number of aromatic hydroxyl groups is 1. The molecule has 4 heterocycles. The van der Waals surface area contributed by atoms with Gasteiger partial charge in [-0.25, -0.2) is 9.97 Å². The lowest BCUT2D eigenvalue weighted by Crippen LogP contribution is -2.54. The number of phenols is 1. The smallest absolute Gasteiger partial charge is 0.306 e. The molecule has 2 saturated heterocycles. The summed E-state index contributed by atoms with van der Waals surface area (Å²) in [7, 11) is 0. The molecule has 3 aliphatic rings. The number of aromatic nitrogens is 4. The predicted molar refractivity (Wildman–Crippen MR) is 157 cm³/mol. The van der Waals surface area contributed by atoms with Crippen LogP contribution in [0.5, 0.6) is 5.75 Å². The van der Waals surface area contributed by atoms with E-state index in [9.17, 15) is 9.90 Å². The van der Waals surface area contributed by atoms with E-state index in [2.05, 4.69) is 20.0 Å². The number of phenolic OH excluding ortho intramolecular Hbond substituents is 1. The molecule has 1 aromatic carbocycles. The summed E-state index contributed by atoms with van der Waals surface area (Å²) >= 11 is 0. The molecule has 3 N–H and O–H groups in total. The molecule has 0 spiro atoms. The fourth-order valence-electron chi connectivity index (χ4n) is 6.91. The first-order valence-corrected chi connectivity index (χ1v) is 14.9. The molecule has 2 atom stereocenters. The molecule has 1 saturated carbocycles. The highest BCUT2D eigenvalue weighted by Crippen LogP contribution is 2.38. The van der Waals surface area contributed by atoms with Crippen molar-refractivity contribution < 1.29 is 14.6 Å². The van der Waals surface area contributed by atoms with Gasteiger partial charge in [-0.1, -0.05) is 12.1 Å². The molecule has 2 bridgehead atoms. The number of nitrogen functional groups attached to an aromatic ring is 1. The van der Waals surface area contributed by atoms with Crippen LogP contribution in [0.2, 0.25) is 0 Å². The molecule has 1 aliphatic carbocycles. The average Bonchev–Trinajstić information content (AvgIpc) is 3.24. The number of hydrogen-bond acceptors (Lipinski definition) is 10. The van der Waals surface area contributed by atoms with Crippen molar-refractivity contribution in [2.45, 2.75) is 70.4 Å². The van der Waals surface area contributed by atoms with Crippen LogP contribution < -0.4 is 15.5 Å². The second-order valence-electron chi connectivity index (χ2n) is 11.7. The minimum atomic E-state index is -0.0622. The number of esters is 1. The fraction of sp³-hybridized carbons (Fsp3) is 0.516. The maximum atomic E-state index is 11.8. The predicted octanol–water partition coefficient (Wildman–Crippen LogP) is 4.38. The molecule has 2 aromatic heterocycles. The van der Waals surface area contributed by atoms with Crippen LogP contribution in [-0.4, -0.2) is 63.0 Å². The van der Waals surface area contributed by atoms with Crippen molar-refractivity contribution in [3.05, 3.63) is 48.3 Å². The summed E-state index contributed by atoms with van der Waals surface area (Å²) in [5, 5.41) is 18.8. The van der Waals surface area contributed by atoms with Crippen molar-refractivity contribution in [2.75, 3.05) is 35.2 Å². The summed E-state index contributed by atoms with van der Waals surface area (Å²) in [6.07, 6.45) is 12.1. The SMILES string of the molecule is CCOC(=O)CC1CCC(Cc2cnc(N3C4CCC3CN(c3cc(-c5ccccc5O)nnc3N)C4)nc2)CC1. The Kier molecular flexibility index (Phi) is 7.89. The van der Waals surface area contributed by atoms with Gasteiger partial charge in [-0.2, -0.15) is 0 Å². The number of carbonyl (C=O) groups is 1. The average molecular weight is 558 g/mol. The summed E-state index contributed by atoms with van der Waals surface area (Å²) in [5.41, 5.74) is 9.57. The van der Waals surface area contributed by atoms with Gasteiger partial charge in [0.25, 0.3) is 0 Å². The number of piperazine rings is 1. The van der Waals surface area contributed by atoms with Gasteiger partial charge in [-0.15, -0.1) is 10.2 Å². The Morgan fingerprint density at radius 3 is 2.37 bits per heavy atom. The number of para-hydroxylation sites is 1. The summed E-state index contributed by atoms with van der Waals surface area (Å²) in [4.78, 5) is 26.1. The van der Waals surface area contributed by atoms with Crippen molar-refractivity contribution in [3.63, 3.8) is 0 Å². The minimum Gasteiger partial charge on any atom is -0.507 e. The molecule has 2 unspecified atom stereocenters. The molecule has 3 aromatic rings. The zero-order valence-corrected chi connectivity index (χ0v) is 23.7. The first-order chi connectivity index (χ1) is 20.0. The number of carbonyl (C=O) groups excluding carboxylic acids is 1. The second-order valence-corrected chi connectivity index (χ2v) is 11.7. The van der Waals surface area contributed by atoms with Gasteiger partial charge in [0.2, 0.25) is 5.95 Å². The Hall–Kier alpha value is -3.95. The lowest BCUT2D eigenvalue weighted by molar-refractivity contribution is -0.144. The number of fused-ring (bicyclic) bond motifs is 2. The van der Waals surface area contributed by atoms with Crippen LogP contribution >= 0.6 is 0 Å². The minimum absolute atomic E-state index is 0.0622. The highest BCUT2D eigenvalue weighted by molar-refractivity contribution is 5.74. The van der Waals surface area contributed by atoms with Crippen molar-refractivity contribution in [1.82, 2.24) is 20.2 Å². The molecule has 2 aliphatic heterocycles. The van der Waals surface area contributed by atoms with E-state index >= 15 is 0 Å². The van der Waals surface area contributed by atoms with E-state index in [1.807, 2.05) is 37.5 Å². The molecule has 0 amide bonds. The molecule has 41 heavy (non-hydrogen) atoms. The molecule has 10 nitrogen and oxygen atoms in total. The van der Waals surface area contributed by atoms with E-state index in [0.29, 0.717) is 41.9 Å². The van der Waals surface area contributed by atoms with Crippen LogP contribution in [-0.2, 0) is 16.0 Å². The third-order valence-electron chi connectivity index (χ3n) is 8.98. The lowest BCUT2D eigenvalue weighted by atomic mass is 9.78. The maximum Gasteiger partial charge on any atom is 0.306 e. The standard InChI is InChI=1S/C31H39N7O3/c1-2-41-29(40)14-21-9-7-20(8-10-21)13-22-16-33-31(34-17-22)38-23-11-12-24(38)19-37(18-23)27-15-26(35-36-30(27)32)25-5-3-4-6-28(25)39/h3-6,15-17,20-21,23-24,39H,2,7-14,18-19H2,1H3,(H2,32,36). The Balaban J connectivity index is 1.07. The van der Waals surface area contributed by atoms with Crippen LogP contribution in [0.1, 0.15) is 57.4 Å². The number of nitrogens with zero attached hydrogens (tertiary/aromatic N) is 6. The lowest BCUT2D eigenvalue weighted by Gasteiger charge is -2.42. The molecule has 0 radical (unpaired) electrons. The van der Waals surface area contributed by atoms with E-state index in [1.54, 1.807) is 12.1 Å². The number of nitrogens with two attached hydrogens (primary N) is 1. The summed E-state index contributed by atoms with van der Waals surface area (Å²) in [6, 6.07) is 9.65. The maximum absolute atomic E-state index is 11.8. The zero-order chi connectivity index (χ0) is 28.3. The number of benzene rings is 1. The highest BCUT2D eigenvalue weighted by Gasteiger charge is 2.42. The molecule has 6 rings (SSSR count). The van der Waals surface area contributed by atoms with E-state index in [4.69, 9.17) is 20.4 Å². The van der Waals surface area contributed by atoms with Crippen molar-refractivity contribution in [2.24, 2.45) is 11.8 Å². The van der Waals surface area contributed by atoms with Gasteiger partial charge in [0.05, 0.1) is 18.0 Å². The first-order valence-electron chi connectivity index (χ1n) is 14.9. The fourth-order valence-corrected chi connectivity index (χ4v) is 6.91. The van der Waals surface area contributed by atoms with Gasteiger partial charge in [0, 0.05) is 49.6 Å². The van der Waals surface area contributed by atoms with Crippen LogP contribution in [0, 0.1) is 11.8 Å². The Morgan fingerprint density at radius 1 is 1.00 bits per heavy atom. The van der Waals surface area contributed by atoms with Gasteiger partial charge in [-0.05, 0) is 87.5 Å². The Morgan fingerprint density at radius 2 is 1.68 bits per heavy atom. The van der Waals surface area contributed by atoms with Crippen LogP contribution in [0.25, 0.3) is 11.3 Å². The van der Waals surface area contributed by atoms with Gasteiger partial charge in [-0.3, -0.25) is 4.79 Å². The van der Waals surface area contributed by atoms with Crippen molar-refractivity contribution >= 4 is 23.4 Å². The van der Waals surface area contributed by atoms with Gasteiger partial charge in [0.15, 0.2) is 5.82 Å². The molecular formula is C31H39N7O3. The normalized spacial score (nSPS) is 23.9. The zero-order valence-electron chi connectivity index (χ0n) is 23.7. The molecule has 216 valence electrons. The summed E-state index contributed by atoms with van der Waals surface area (Å²) in [5.74, 6) is 2.37. The quantitative estimate of drug-likeness (QED) is 0.385. The summed E-state index contributed by atoms with van der Waals surface area (Å²) < 4.78 is 5.13. The number of anilines is 3. The van der Waals surface area contributed by atoms with Gasteiger partial charge >= 0.3 is 5.97 Å². The molecule has 10 heteroatoms. The topological polar surface area (TPSA) is 131 Å².